The predicted octanol–water partition coefficient (Wildman–Crippen LogP) is 8.91. The summed E-state index contributed by atoms with van der Waals surface area (Å²) in [7, 11) is 1.24. The first kappa shape index (κ1) is 40.2. The molecule has 0 bridgehead atoms. The third kappa shape index (κ3) is 6.44. The highest BCUT2D eigenvalue weighted by atomic mass is 35.5. The van der Waals surface area contributed by atoms with Crippen LogP contribution in [-0.2, 0) is 37.4 Å². The molecule has 61 heavy (non-hydrogen) atoms. The minimum atomic E-state index is -4.84. The molecule has 2 aliphatic heterocycles. The second kappa shape index (κ2) is 15.1. The number of fused-ring (bicyclic) bond motifs is 4. The molecule has 1 aromatic heterocycles. The first-order valence-electron chi connectivity index (χ1n) is 19.5. The number of allylic oxidation sites excluding steroid dienone is 2. The molecule has 9 rings (SSSR count). The minimum absolute atomic E-state index is 0.0143. The number of rotatable bonds is 8. The quantitative estimate of drug-likeness (QED) is 0.121. The van der Waals surface area contributed by atoms with Gasteiger partial charge in [0.25, 0.3) is 11.8 Å². The molecule has 0 spiro atoms. The molecule has 310 valence electrons. The zero-order valence-electron chi connectivity index (χ0n) is 32.2. The van der Waals surface area contributed by atoms with Gasteiger partial charge in [-0.15, -0.1) is 0 Å². The molecular weight excluding hydrogens is 832 g/mol. The van der Waals surface area contributed by atoms with Crippen molar-refractivity contribution in [1.82, 2.24) is 9.99 Å². The molecule has 4 aromatic carbocycles. The van der Waals surface area contributed by atoms with Crippen LogP contribution >= 0.6 is 23.2 Å². The van der Waals surface area contributed by atoms with Crippen molar-refractivity contribution in [2.45, 2.75) is 37.0 Å². The molecule has 1 saturated carbocycles. The smallest absolute Gasteiger partial charge is 0.433 e. The molecule has 3 heterocycles. The van der Waals surface area contributed by atoms with E-state index in [2.05, 4.69) is 4.98 Å². The molecule has 5 aromatic rings. The van der Waals surface area contributed by atoms with Gasteiger partial charge in [-0.2, -0.15) is 18.2 Å². The predicted molar refractivity (Wildman–Crippen MR) is 219 cm³/mol. The van der Waals surface area contributed by atoms with Crippen molar-refractivity contribution in [1.29, 1.82) is 0 Å². The number of alkyl halides is 3. The van der Waals surface area contributed by atoms with Gasteiger partial charge in [-0.3, -0.25) is 24.2 Å². The van der Waals surface area contributed by atoms with Gasteiger partial charge >= 0.3 is 6.18 Å². The lowest BCUT2D eigenvalue weighted by Crippen LogP contribution is -2.53. The summed E-state index contributed by atoms with van der Waals surface area (Å²) in [4.78, 5) is 64.5. The lowest BCUT2D eigenvalue weighted by Gasteiger charge is -2.50. The van der Waals surface area contributed by atoms with E-state index in [1.165, 1.54) is 19.2 Å². The summed E-state index contributed by atoms with van der Waals surface area (Å²) in [6.45, 7) is 0.208. The maximum Gasteiger partial charge on any atom is 0.433 e. The number of hydrazine groups is 1. The Hall–Kier alpha value is -6.18. The van der Waals surface area contributed by atoms with E-state index in [4.69, 9.17) is 27.9 Å². The highest BCUT2D eigenvalue weighted by molar-refractivity contribution is 6.33. The Morgan fingerprint density at radius 2 is 1.57 bits per heavy atom. The lowest BCUT2D eigenvalue weighted by molar-refractivity contribution is -0.141. The number of anilines is 2. The van der Waals surface area contributed by atoms with E-state index in [0.717, 1.165) is 26.5 Å². The van der Waals surface area contributed by atoms with E-state index in [1.807, 2.05) is 30.3 Å². The maximum absolute atomic E-state index is 15.5. The van der Waals surface area contributed by atoms with Gasteiger partial charge in [-0.1, -0.05) is 108 Å². The number of hydrogen-bond donors (Lipinski definition) is 1. The Morgan fingerprint density at radius 3 is 2.26 bits per heavy atom. The van der Waals surface area contributed by atoms with Crippen LogP contribution in [0.2, 0.25) is 10.0 Å². The van der Waals surface area contributed by atoms with E-state index in [-0.39, 0.29) is 46.5 Å². The third-order valence-electron chi connectivity index (χ3n) is 12.4. The topological polar surface area (TPSA) is 120 Å². The molecule has 15 heteroatoms. The van der Waals surface area contributed by atoms with Crippen molar-refractivity contribution < 1.29 is 42.2 Å². The summed E-state index contributed by atoms with van der Waals surface area (Å²) < 4.78 is 47.3. The molecule has 6 atom stereocenters. The number of aromatic nitrogens is 1. The van der Waals surface area contributed by atoms with Crippen molar-refractivity contribution in [3.05, 3.63) is 159 Å². The number of hydrogen-bond acceptors (Lipinski definition) is 8. The number of phenols is 1. The number of nitrogens with zero attached hydrogens (tertiary/aromatic N) is 4. The van der Waals surface area contributed by atoms with E-state index >= 15 is 9.59 Å². The van der Waals surface area contributed by atoms with Crippen molar-refractivity contribution in [3.8, 4) is 11.5 Å². The second-order valence-corrected chi connectivity index (χ2v) is 16.4. The van der Waals surface area contributed by atoms with E-state index in [1.54, 1.807) is 66.7 Å². The first-order valence-corrected chi connectivity index (χ1v) is 20.2. The zero-order chi connectivity index (χ0) is 43.0. The summed E-state index contributed by atoms with van der Waals surface area (Å²) in [5.74, 6) is -7.98. The van der Waals surface area contributed by atoms with Crippen LogP contribution in [0.1, 0.15) is 41.1 Å². The van der Waals surface area contributed by atoms with Crippen molar-refractivity contribution in [2.75, 3.05) is 17.0 Å². The van der Waals surface area contributed by atoms with Crippen LogP contribution in [0.25, 0.3) is 0 Å². The van der Waals surface area contributed by atoms with Gasteiger partial charge in [0.05, 0.1) is 33.9 Å². The summed E-state index contributed by atoms with van der Waals surface area (Å²) in [5.41, 5.74) is -0.459. The number of pyridine rings is 1. The molecule has 1 N–H and O–H groups in total. The summed E-state index contributed by atoms with van der Waals surface area (Å²) in [6.07, 6.45) is -3.07. The van der Waals surface area contributed by atoms with Gasteiger partial charge in [-0.25, -0.2) is 9.88 Å². The largest absolute Gasteiger partial charge is 0.508 e. The van der Waals surface area contributed by atoms with Crippen LogP contribution in [0.5, 0.6) is 11.5 Å². The number of carbonyl (C=O) groups excluding carboxylic acids is 4. The van der Waals surface area contributed by atoms with Crippen LogP contribution in [0, 0.1) is 23.7 Å². The number of amides is 4. The van der Waals surface area contributed by atoms with Gasteiger partial charge < -0.3 is 9.84 Å². The maximum atomic E-state index is 15.5. The van der Waals surface area contributed by atoms with Gasteiger partial charge in [0.1, 0.15) is 23.8 Å². The van der Waals surface area contributed by atoms with Crippen LogP contribution in [0.3, 0.4) is 0 Å². The normalized spacial score (nSPS) is 24.6. The van der Waals surface area contributed by atoms with E-state index in [0.29, 0.717) is 23.0 Å². The number of imide groups is 2. The van der Waals surface area contributed by atoms with Gasteiger partial charge in [0.15, 0.2) is 5.82 Å². The minimum Gasteiger partial charge on any atom is -0.508 e. The van der Waals surface area contributed by atoms with Gasteiger partial charge in [0, 0.05) is 29.6 Å². The first-order chi connectivity index (χ1) is 29.2. The highest BCUT2D eigenvalue weighted by Crippen LogP contribution is 2.65. The lowest BCUT2D eigenvalue weighted by atomic mass is 9.49. The molecule has 6 unspecified atom stereocenters. The Labute approximate surface area is 357 Å². The summed E-state index contributed by atoms with van der Waals surface area (Å²) in [6, 6.07) is 31.1. The van der Waals surface area contributed by atoms with Crippen molar-refractivity contribution in [3.63, 3.8) is 0 Å². The van der Waals surface area contributed by atoms with Crippen LogP contribution in [0.15, 0.2) is 127 Å². The monoisotopic (exact) mass is 866 g/mol. The summed E-state index contributed by atoms with van der Waals surface area (Å²) in [5, 5.41) is 13.8. The second-order valence-electron chi connectivity index (χ2n) is 15.6. The number of halogens is 5. The van der Waals surface area contributed by atoms with E-state index in [9.17, 15) is 27.9 Å². The van der Waals surface area contributed by atoms with Gasteiger partial charge in [-0.05, 0) is 66.3 Å². The fourth-order valence-corrected chi connectivity index (χ4v) is 10.3. The highest BCUT2D eigenvalue weighted by Gasteiger charge is 2.70. The number of phenolic OH excluding ortho intramolecular Hbond substituents is 1. The Balaban J connectivity index is 1.19. The average Bonchev–Trinajstić information content (AvgIpc) is 3.64. The third-order valence-corrected chi connectivity index (χ3v) is 13.0. The molecule has 4 aliphatic rings. The molecule has 2 saturated heterocycles. The summed E-state index contributed by atoms with van der Waals surface area (Å²) >= 11 is 12.7. The molecule has 3 fully saturated rings. The van der Waals surface area contributed by atoms with Crippen molar-refractivity contribution in [2.24, 2.45) is 23.7 Å². The SMILES string of the molecule is CN(c1nc(C(F)(F)F)ccc1Cl)N1C(=O)C2CC=C3C(CC4C(=O)N(c5cccc(Cl)c5)C(=O)C4(c4ccccc4)C3c3ccc(OCc4ccccc4)cc3O)C2C1=O. The molecular formula is C46H35Cl2F3N4O6. The Bertz CT molecular complexity index is 2650. The molecule has 4 amide bonds. The van der Waals surface area contributed by atoms with E-state index < -0.39 is 76.3 Å². The average molecular weight is 868 g/mol. The van der Waals surface area contributed by atoms with Gasteiger partial charge in [0.2, 0.25) is 11.8 Å². The number of ether oxygens (including phenoxy) is 1. The van der Waals surface area contributed by atoms with Crippen LogP contribution in [-0.4, -0.2) is 45.8 Å². The fourth-order valence-electron chi connectivity index (χ4n) is 9.88. The number of benzene rings is 4. The zero-order valence-corrected chi connectivity index (χ0v) is 33.7. The molecule has 0 radical (unpaired) electrons. The number of aromatic hydroxyl groups is 1. The fraction of sp³-hybridized carbons (Fsp3) is 0.239. The number of carbonyl (C=O) groups is 4. The Kier molecular flexibility index (Phi) is 9.94. The standard InChI is InChI=1S/C46H35Cl2F3N4O6/c1-53(40-35(48)19-20-37(52-40)46(49,50)51)55-41(57)32-18-17-30-33(38(32)43(55)59)23-34-42(58)54(28-14-8-13-27(47)21-28)44(60)45(34,26-11-6-3-7-12-26)39(30)31-16-15-29(22-36(31)56)61-24-25-9-4-2-5-10-25/h2-17,19-22,32-34,38-39,56H,18,23-24H2,1H3. The Morgan fingerprint density at radius 1 is 0.852 bits per heavy atom. The van der Waals surface area contributed by atoms with Crippen LogP contribution < -0.4 is 14.6 Å². The van der Waals surface area contributed by atoms with Crippen molar-refractivity contribution >= 4 is 58.3 Å². The molecule has 2 aliphatic carbocycles. The van der Waals surface area contributed by atoms with Crippen LogP contribution in [0.4, 0.5) is 24.7 Å². The molecule has 10 nitrogen and oxygen atoms in total.